The van der Waals surface area contributed by atoms with Crippen LogP contribution in [0.5, 0.6) is 0 Å². The average Bonchev–Trinajstić information content (AvgIpc) is 2.86. The Balaban J connectivity index is 1.35. The summed E-state index contributed by atoms with van der Waals surface area (Å²) in [5.41, 5.74) is 3.69. The van der Waals surface area contributed by atoms with E-state index in [1.165, 1.54) is 11.3 Å². The largest absolute Gasteiger partial charge is 0.384 e. The van der Waals surface area contributed by atoms with E-state index in [-0.39, 0.29) is 11.4 Å². The number of methoxy groups -OCH3 is 1. The van der Waals surface area contributed by atoms with Crippen molar-refractivity contribution in [3.8, 4) is 0 Å². The lowest BCUT2D eigenvalue weighted by atomic mass is 9.71. The van der Waals surface area contributed by atoms with Crippen LogP contribution in [0.25, 0.3) is 0 Å². The molecule has 3 aliphatic rings. The zero-order valence-electron chi connectivity index (χ0n) is 15.1. The second-order valence-corrected chi connectivity index (χ2v) is 7.72. The Bertz CT molecular complexity index is 686. The number of amides is 2. The number of carbonyl (C=O) groups is 1. The van der Waals surface area contributed by atoms with Crippen LogP contribution < -0.4 is 5.32 Å². The van der Waals surface area contributed by atoms with Crippen LogP contribution in [0.2, 0.25) is 0 Å². The quantitative estimate of drug-likeness (QED) is 0.917. The lowest BCUT2D eigenvalue weighted by Crippen LogP contribution is -2.54. The van der Waals surface area contributed by atoms with Crippen LogP contribution in [-0.2, 0) is 10.2 Å². The van der Waals surface area contributed by atoms with Gasteiger partial charge < -0.3 is 15.0 Å². The number of carbonyl (C=O) groups excluding carboxylic acids is 1. The number of likely N-dealkylation sites (tertiary alicyclic amines) is 1. The fourth-order valence-electron chi connectivity index (χ4n) is 4.67. The highest BCUT2D eigenvalue weighted by Gasteiger charge is 2.44. The first-order valence-corrected chi connectivity index (χ1v) is 9.32. The highest BCUT2D eigenvalue weighted by atomic mass is 16.5. The number of urea groups is 1. The highest BCUT2D eigenvalue weighted by Crippen LogP contribution is 2.46. The standard InChI is InChI=1S/C20H27N3O2/c1-14-20(17-5-3-4-6-18(17)21-14)7-9-23(10-8-20)19(24)22-16-11-15(12-16)13-25-2/h3-6,15-16H,7-13H2,1-2H3,(H,22,24). The van der Waals surface area contributed by atoms with Crippen LogP contribution in [0.15, 0.2) is 29.3 Å². The maximum Gasteiger partial charge on any atom is 0.317 e. The minimum atomic E-state index is 0.0351. The zero-order valence-corrected chi connectivity index (χ0v) is 15.1. The number of fused-ring (bicyclic) bond motifs is 2. The molecule has 2 amide bonds. The lowest BCUT2D eigenvalue weighted by molar-refractivity contribution is 0.0866. The molecule has 1 spiro atoms. The summed E-state index contributed by atoms with van der Waals surface area (Å²) in [6, 6.07) is 8.86. The summed E-state index contributed by atoms with van der Waals surface area (Å²) in [5, 5.41) is 3.19. The van der Waals surface area contributed by atoms with Gasteiger partial charge in [-0.3, -0.25) is 4.99 Å². The average molecular weight is 341 g/mol. The number of para-hydroxylation sites is 1. The molecule has 1 aromatic carbocycles. The third-order valence-electron chi connectivity index (χ3n) is 6.27. The number of nitrogens with one attached hydrogen (secondary N) is 1. The van der Waals surface area contributed by atoms with Gasteiger partial charge in [0.2, 0.25) is 0 Å². The van der Waals surface area contributed by atoms with Crippen molar-refractivity contribution in [1.29, 1.82) is 0 Å². The topological polar surface area (TPSA) is 53.9 Å². The van der Waals surface area contributed by atoms with Crippen molar-refractivity contribution in [2.24, 2.45) is 10.9 Å². The molecule has 1 saturated heterocycles. The molecule has 1 aliphatic carbocycles. The number of hydrogen-bond acceptors (Lipinski definition) is 3. The summed E-state index contributed by atoms with van der Waals surface area (Å²) in [7, 11) is 1.74. The van der Waals surface area contributed by atoms with Gasteiger partial charge in [0.15, 0.2) is 0 Å². The van der Waals surface area contributed by atoms with Gasteiger partial charge in [0.25, 0.3) is 0 Å². The van der Waals surface area contributed by atoms with Gasteiger partial charge in [-0.15, -0.1) is 0 Å². The smallest absolute Gasteiger partial charge is 0.317 e. The Hall–Kier alpha value is -1.88. The van der Waals surface area contributed by atoms with Crippen molar-refractivity contribution in [2.45, 2.75) is 44.1 Å². The number of hydrogen-bond donors (Lipinski definition) is 1. The minimum Gasteiger partial charge on any atom is -0.384 e. The maximum absolute atomic E-state index is 12.5. The first-order chi connectivity index (χ1) is 12.1. The van der Waals surface area contributed by atoms with Gasteiger partial charge in [0.1, 0.15) is 0 Å². The monoisotopic (exact) mass is 341 g/mol. The van der Waals surface area contributed by atoms with E-state index in [0.717, 1.165) is 51.1 Å². The third kappa shape index (κ3) is 2.84. The molecule has 5 nitrogen and oxygen atoms in total. The molecule has 134 valence electrons. The molecule has 0 bridgehead atoms. The van der Waals surface area contributed by atoms with Crippen molar-refractivity contribution >= 4 is 17.4 Å². The van der Waals surface area contributed by atoms with Crippen LogP contribution in [0.4, 0.5) is 10.5 Å². The zero-order chi connectivity index (χ0) is 17.4. The fraction of sp³-hybridized carbons (Fsp3) is 0.600. The van der Waals surface area contributed by atoms with E-state index in [2.05, 4.69) is 30.4 Å². The second-order valence-electron chi connectivity index (χ2n) is 7.72. The Labute approximate surface area is 149 Å². The van der Waals surface area contributed by atoms with Crippen LogP contribution in [0, 0.1) is 5.92 Å². The van der Waals surface area contributed by atoms with Crippen molar-refractivity contribution in [3.63, 3.8) is 0 Å². The Morgan fingerprint density at radius 2 is 2.04 bits per heavy atom. The van der Waals surface area contributed by atoms with Gasteiger partial charge in [-0.05, 0) is 50.2 Å². The van der Waals surface area contributed by atoms with Crippen molar-refractivity contribution in [3.05, 3.63) is 29.8 Å². The minimum absolute atomic E-state index is 0.0351. The summed E-state index contributed by atoms with van der Waals surface area (Å²) in [5.74, 6) is 0.605. The number of aliphatic imine (C=N–C) groups is 1. The predicted molar refractivity (Wildman–Crippen MR) is 98.6 cm³/mol. The van der Waals surface area contributed by atoms with Crippen LogP contribution in [0.1, 0.15) is 38.2 Å². The van der Waals surface area contributed by atoms with E-state index in [0.29, 0.717) is 12.0 Å². The van der Waals surface area contributed by atoms with Crippen LogP contribution >= 0.6 is 0 Å². The van der Waals surface area contributed by atoms with Crippen molar-refractivity contribution in [1.82, 2.24) is 10.2 Å². The molecule has 25 heavy (non-hydrogen) atoms. The summed E-state index contributed by atoms with van der Waals surface area (Å²) in [6.45, 7) is 4.53. The lowest BCUT2D eigenvalue weighted by Gasteiger charge is -2.42. The summed E-state index contributed by atoms with van der Waals surface area (Å²) >= 11 is 0. The summed E-state index contributed by atoms with van der Waals surface area (Å²) in [6.07, 6.45) is 4.00. The molecule has 4 rings (SSSR count). The first kappa shape index (κ1) is 16.6. The number of rotatable bonds is 3. The molecule has 2 aliphatic heterocycles. The molecule has 0 unspecified atom stereocenters. The SMILES string of the molecule is COCC1CC(NC(=O)N2CCC3(CC2)C(C)=Nc2ccccc23)C1. The van der Waals surface area contributed by atoms with Crippen molar-refractivity contribution in [2.75, 3.05) is 26.8 Å². The van der Waals surface area contributed by atoms with Gasteiger partial charge in [-0.1, -0.05) is 18.2 Å². The Morgan fingerprint density at radius 1 is 1.32 bits per heavy atom. The van der Waals surface area contributed by atoms with Gasteiger partial charge in [-0.25, -0.2) is 4.79 Å². The van der Waals surface area contributed by atoms with E-state index in [1.807, 2.05) is 11.0 Å². The Kier molecular flexibility index (Phi) is 4.28. The van der Waals surface area contributed by atoms with E-state index in [9.17, 15) is 4.79 Å². The van der Waals surface area contributed by atoms with E-state index in [4.69, 9.17) is 9.73 Å². The molecule has 2 heterocycles. The van der Waals surface area contributed by atoms with Gasteiger partial charge in [-0.2, -0.15) is 0 Å². The molecular formula is C20H27N3O2. The molecule has 5 heteroatoms. The molecule has 1 N–H and O–H groups in total. The molecule has 2 fully saturated rings. The highest BCUT2D eigenvalue weighted by molar-refractivity contribution is 6.00. The number of benzene rings is 1. The molecule has 1 saturated carbocycles. The van der Waals surface area contributed by atoms with Gasteiger partial charge >= 0.3 is 6.03 Å². The van der Waals surface area contributed by atoms with Crippen LogP contribution in [-0.4, -0.2) is 49.5 Å². The van der Waals surface area contributed by atoms with E-state index < -0.39 is 0 Å². The molecule has 0 atom stereocenters. The summed E-state index contributed by atoms with van der Waals surface area (Å²) < 4.78 is 5.17. The van der Waals surface area contributed by atoms with Gasteiger partial charge in [0, 0.05) is 44.0 Å². The number of nitrogens with zero attached hydrogens (tertiary/aromatic N) is 2. The second kappa shape index (κ2) is 6.45. The molecule has 0 radical (unpaired) electrons. The predicted octanol–water partition coefficient (Wildman–Crippen LogP) is 3.26. The molecular weight excluding hydrogens is 314 g/mol. The first-order valence-electron chi connectivity index (χ1n) is 9.32. The molecule has 1 aromatic rings. The van der Waals surface area contributed by atoms with E-state index in [1.54, 1.807) is 7.11 Å². The van der Waals surface area contributed by atoms with E-state index >= 15 is 0 Å². The number of ether oxygens (including phenoxy) is 1. The molecule has 0 aromatic heterocycles. The maximum atomic E-state index is 12.5. The summed E-state index contributed by atoms with van der Waals surface area (Å²) in [4.78, 5) is 19.3. The normalized spacial score (nSPS) is 26.8. The number of piperidine rings is 1. The van der Waals surface area contributed by atoms with Crippen molar-refractivity contribution < 1.29 is 9.53 Å². The fourth-order valence-corrected chi connectivity index (χ4v) is 4.67. The van der Waals surface area contributed by atoms with Gasteiger partial charge in [0.05, 0.1) is 5.69 Å². The Morgan fingerprint density at radius 3 is 2.76 bits per heavy atom. The van der Waals surface area contributed by atoms with Crippen LogP contribution in [0.3, 0.4) is 0 Å². The third-order valence-corrected chi connectivity index (χ3v) is 6.27.